The van der Waals surface area contributed by atoms with Crippen LogP contribution in [0.25, 0.3) is 6.20 Å². The molecule has 4 aliphatic carbocycles. The van der Waals surface area contributed by atoms with Crippen LogP contribution in [0.1, 0.15) is 77.1 Å². The van der Waals surface area contributed by atoms with E-state index in [-0.39, 0.29) is 29.3 Å². The van der Waals surface area contributed by atoms with Crippen molar-refractivity contribution in [3.63, 3.8) is 0 Å². The summed E-state index contributed by atoms with van der Waals surface area (Å²) in [7, 11) is 0. The zero-order chi connectivity index (χ0) is 25.5. The summed E-state index contributed by atoms with van der Waals surface area (Å²) in [5, 5.41) is 10.9. The van der Waals surface area contributed by atoms with E-state index in [1.807, 2.05) is 13.8 Å². The second kappa shape index (κ2) is 9.32. The normalized spacial score (nSPS) is 29.5. The summed E-state index contributed by atoms with van der Waals surface area (Å²) in [6.07, 6.45) is 9.84. The first-order valence-electron chi connectivity index (χ1n) is 12.7. The summed E-state index contributed by atoms with van der Waals surface area (Å²) in [5.74, 6) is 1.29. The molecule has 1 heterocycles. The van der Waals surface area contributed by atoms with Gasteiger partial charge in [0.05, 0.1) is 18.2 Å². The van der Waals surface area contributed by atoms with Gasteiger partial charge >= 0.3 is 0 Å². The summed E-state index contributed by atoms with van der Waals surface area (Å²) in [6, 6.07) is 0.0755. The lowest BCUT2D eigenvalue weighted by Gasteiger charge is -2.60. The molecule has 4 saturated carbocycles. The number of nitrogens with zero attached hydrogens (tertiary/aromatic N) is 2. The van der Waals surface area contributed by atoms with Gasteiger partial charge in [0.1, 0.15) is 5.56 Å². The van der Waals surface area contributed by atoms with Crippen molar-refractivity contribution in [3.05, 3.63) is 17.8 Å². The largest absolute Gasteiger partial charge is 0.477 e. The molecular formula is C26H39N5O4. The molecule has 4 aliphatic rings. The van der Waals surface area contributed by atoms with Crippen molar-refractivity contribution in [2.24, 2.45) is 34.8 Å². The van der Waals surface area contributed by atoms with Gasteiger partial charge in [-0.2, -0.15) is 5.10 Å². The summed E-state index contributed by atoms with van der Waals surface area (Å²) < 4.78 is 7.50. The summed E-state index contributed by atoms with van der Waals surface area (Å²) in [4.78, 5) is 37.0. The minimum Gasteiger partial charge on any atom is -0.477 e. The van der Waals surface area contributed by atoms with Crippen LogP contribution in [-0.2, 0) is 9.59 Å². The molecule has 0 saturated heterocycles. The number of carbonyl (C=O) groups is 3. The highest BCUT2D eigenvalue weighted by Crippen LogP contribution is 2.55. The van der Waals surface area contributed by atoms with Gasteiger partial charge in [-0.3, -0.25) is 14.4 Å². The SMILES string of the molecule is CC(=O)NC12CC3CC(C1)C(NC(=O)c1cnn(C=CC(C)(C)C(N)=O)c1OCC(C)C)C(C3)C2. The fraction of sp³-hybridized carbons (Fsp3) is 0.692. The minimum absolute atomic E-state index is 0.0273. The molecule has 4 fully saturated rings. The molecule has 35 heavy (non-hydrogen) atoms. The van der Waals surface area contributed by atoms with Gasteiger partial charge in [-0.15, -0.1) is 0 Å². The van der Waals surface area contributed by atoms with Crippen LogP contribution in [0.15, 0.2) is 12.3 Å². The maximum absolute atomic E-state index is 13.5. The van der Waals surface area contributed by atoms with E-state index in [2.05, 4.69) is 15.7 Å². The molecule has 1 aromatic heterocycles. The lowest BCUT2D eigenvalue weighted by molar-refractivity contribution is -0.126. The third-order valence-electron chi connectivity index (χ3n) is 7.83. The molecule has 192 valence electrons. The van der Waals surface area contributed by atoms with Gasteiger partial charge in [0.15, 0.2) is 0 Å². The highest BCUT2D eigenvalue weighted by atomic mass is 16.5. The van der Waals surface area contributed by atoms with Gasteiger partial charge in [-0.25, -0.2) is 4.68 Å². The third-order valence-corrected chi connectivity index (χ3v) is 7.83. The van der Waals surface area contributed by atoms with E-state index in [4.69, 9.17) is 10.5 Å². The molecule has 9 heteroatoms. The number of nitrogens with two attached hydrogens (primary N) is 1. The second-order valence-corrected chi connectivity index (χ2v) is 11.8. The van der Waals surface area contributed by atoms with Gasteiger partial charge in [0.25, 0.3) is 5.91 Å². The number of amides is 3. The molecule has 0 spiro atoms. The Bertz CT molecular complexity index is 1010. The average Bonchev–Trinajstić information content (AvgIpc) is 3.14. The van der Waals surface area contributed by atoms with Crippen LogP contribution < -0.4 is 21.1 Å². The number of aromatic nitrogens is 2. The summed E-state index contributed by atoms with van der Waals surface area (Å²) in [6.45, 7) is 9.52. The number of carbonyl (C=O) groups excluding carboxylic acids is 3. The Hall–Kier alpha value is -2.84. The van der Waals surface area contributed by atoms with Crippen molar-refractivity contribution < 1.29 is 19.1 Å². The van der Waals surface area contributed by atoms with Gasteiger partial charge in [0.2, 0.25) is 17.7 Å². The van der Waals surface area contributed by atoms with Crippen molar-refractivity contribution in [2.45, 2.75) is 78.3 Å². The molecule has 0 radical (unpaired) electrons. The average molecular weight is 486 g/mol. The van der Waals surface area contributed by atoms with E-state index >= 15 is 0 Å². The molecule has 2 unspecified atom stereocenters. The Morgan fingerprint density at radius 2 is 1.91 bits per heavy atom. The first kappa shape index (κ1) is 25.3. The van der Waals surface area contributed by atoms with Crippen LogP contribution in [0, 0.1) is 29.1 Å². The van der Waals surface area contributed by atoms with E-state index < -0.39 is 11.3 Å². The smallest absolute Gasteiger partial charge is 0.258 e. The van der Waals surface area contributed by atoms with Gasteiger partial charge in [-0.05, 0) is 69.6 Å². The molecule has 4 N–H and O–H groups in total. The van der Waals surface area contributed by atoms with E-state index in [1.165, 1.54) is 10.9 Å². The first-order chi connectivity index (χ1) is 16.4. The number of rotatable bonds is 9. The molecular weight excluding hydrogens is 446 g/mol. The first-order valence-corrected chi connectivity index (χ1v) is 12.7. The fourth-order valence-corrected chi connectivity index (χ4v) is 6.36. The molecule has 4 bridgehead atoms. The lowest BCUT2D eigenvalue weighted by Crippen LogP contribution is -2.66. The molecule has 0 aromatic carbocycles. The lowest BCUT2D eigenvalue weighted by atomic mass is 9.51. The zero-order valence-corrected chi connectivity index (χ0v) is 21.5. The van der Waals surface area contributed by atoms with Crippen LogP contribution in [0.2, 0.25) is 0 Å². The molecule has 5 rings (SSSR count). The van der Waals surface area contributed by atoms with Crippen molar-refractivity contribution >= 4 is 23.9 Å². The van der Waals surface area contributed by atoms with Gasteiger partial charge in [-0.1, -0.05) is 19.9 Å². The Morgan fingerprint density at radius 1 is 1.26 bits per heavy atom. The predicted molar refractivity (Wildman–Crippen MR) is 132 cm³/mol. The zero-order valence-electron chi connectivity index (χ0n) is 21.5. The Kier molecular flexibility index (Phi) is 6.72. The molecule has 9 nitrogen and oxygen atoms in total. The van der Waals surface area contributed by atoms with E-state index in [9.17, 15) is 14.4 Å². The van der Waals surface area contributed by atoms with Crippen molar-refractivity contribution in [1.82, 2.24) is 20.4 Å². The molecule has 1 aromatic rings. The van der Waals surface area contributed by atoms with Crippen LogP contribution in [0.3, 0.4) is 0 Å². The topological polar surface area (TPSA) is 128 Å². The highest BCUT2D eigenvalue weighted by Gasteiger charge is 2.56. The van der Waals surface area contributed by atoms with Gasteiger partial charge < -0.3 is 21.1 Å². The Balaban J connectivity index is 1.53. The van der Waals surface area contributed by atoms with Crippen LogP contribution in [-0.4, -0.2) is 45.7 Å². The number of primary amides is 1. The Labute approximate surface area is 207 Å². The van der Waals surface area contributed by atoms with Crippen LogP contribution in [0.4, 0.5) is 0 Å². The molecule has 2 atom stereocenters. The standard InChI is InChI=1S/C26H39N5O4/c1-15(2)14-35-23-20(13-28-31(23)7-6-25(4,5)24(27)34)22(33)29-21-18-8-17-9-19(21)12-26(10-17,11-18)30-16(3)32/h6-7,13,15,17-19,21H,8-12,14H2,1-5H3,(H2,27,34)(H,29,33)(H,30,32). The van der Waals surface area contributed by atoms with Crippen molar-refractivity contribution in [3.8, 4) is 5.88 Å². The van der Waals surface area contributed by atoms with E-state index in [0.717, 1.165) is 32.1 Å². The van der Waals surface area contributed by atoms with E-state index in [0.29, 0.717) is 35.8 Å². The minimum atomic E-state index is -0.867. The monoisotopic (exact) mass is 485 g/mol. The Morgan fingerprint density at radius 3 is 2.49 bits per heavy atom. The van der Waals surface area contributed by atoms with Crippen molar-refractivity contribution in [1.29, 1.82) is 0 Å². The number of nitrogens with one attached hydrogen (secondary N) is 2. The van der Waals surface area contributed by atoms with Crippen LogP contribution in [0.5, 0.6) is 5.88 Å². The maximum atomic E-state index is 13.5. The van der Waals surface area contributed by atoms with E-state index in [1.54, 1.807) is 33.0 Å². The van der Waals surface area contributed by atoms with Gasteiger partial charge in [0, 0.05) is 24.7 Å². The third kappa shape index (κ3) is 5.23. The van der Waals surface area contributed by atoms with Crippen molar-refractivity contribution in [2.75, 3.05) is 6.61 Å². The molecule has 0 aliphatic heterocycles. The highest BCUT2D eigenvalue weighted by molar-refractivity contribution is 5.96. The fourth-order valence-electron chi connectivity index (χ4n) is 6.36. The van der Waals surface area contributed by atoms with Crippen LogP contribution >= 0.6 is 0 Å². The molecule has 3 amide bonds. The number of hydrogen-bond acceptors (Lipinski definition) is 5. The summed E-state index contributed by atoms with van der Waals surface area (Å²) in [5.41, 5.74) is 4.88. The number of hydrogen-bond donors (Lipinski definition) is 3. The summed E-state index contributed by atoms with van der Waals surface area (Å²) >= 11 is 0. The predicted octanol–water partition coefficient (Wildman–Crippen LogP) is 2.71. The quantitative estimate of drug-likeness (QED) is 0.495. The second-order valence-electron chi connectivity index (χ2n) is 11.8. The number of ether oxygens (including phenoxy) is 1. The maximum Gasteiger partial charge on any atom is 0.258 e.